The maximum atomic E-state index is 5.95. The molecule has 0 spiro atoms. The number of aromatic nitrogens is 3. The molecule has 0 amide bonds. The van der Waals surface area contributed by atoms with E-state index in [1.165, 1.54) is 19.3 Å². The van der Waals surface area contributed by atoms with Gasteiger partial charge >= 0.3 is 0 Å². The summed E-state index contributed by atoms with van der Waals surface area (Å²) in [7, 11) is 0. The van der Waals surface area contributed by atoms with Crippen LogP contribution in [-0.4, -0.2) is 28.0 Å². The van der Waals surface area contributed by atoms with Gasteiger partial charge < -0.3 is 10.6 Å². The summed E-state index contributed by atoms with van der Waals surface area (Å²) in [5.41, 5.74) is 6.63. The van der Waals surface area contributed by atoms with Crippen LogP contribution in [0.25, 0.3) is 11.0 Å². The molecule has 2 aromatic heterocycles. The number of hydrogen-bond donors (Lipinski definition) is 1. The summed E-state index contributed by atoms with van der Waals surface area (Å²) in [4.78, 5) is 15.3. The molecule has 1 aliphatic heterocycles. The van der Waals surface area contributed by atoms with E-state index >= 15 is 0 Å². The average Bonchev–Trinajstić information content (AvgIpc) is 2.40. The Labute approximate surface area is 99.7 Å². The van der Waals surface area contributed by atoms with E-state index in [0.717, 1.165) is 18.5 Å². The van der Waals surface area contributed by atoms with Crippen LogP contribution in [0.4, 0.5) is 11.8 Å². The smallest absolute Gasteiger partial charge is 0.229 e. The van der Waals surface area contributed by atoms with Gasteiger partial charge in [0.2, 0.25) is 5.95 Å². The van der Waals surface area contributed by atoms with Crippen LogP contribution < -0.4 is 10.6 Å². The van der Waals surface area contributed by atoms with E-state index in [1.807, 2.05) is 12.1 Å². The fourth-order valence-electron chi connectivity index (χ4n) is 2.21. The van der Waals surface area contributed by atoms with E-state index in [1.54, 1.807) is 6.20 Å². The molecule has 5 nitrogen and oxygen atoms in total. The summed E-state index contributed by atoms with van der Waals surface area (Å²) in [6.45, 7) is 2.02. The fraction of sp³-hybridized carbons (Fsp3) is 0.417. The number of nitrogens with two attached hydrogens (primary N) is 1. The Kier molecular flexibility index (Phi) is 2.51. The molecule has 1 saturated heterocycles. The zero-order valence-electron chi connectivity index (χ0n) is 9.63. The van der Waals surface area contributed by atoms with Gasteiger partial charge in [0.1, 0.15) is 5.82 Å². The molecule has 0 bridgehead atoms. The van der Waals surface area contributed by atoms with Crippen molar-refractivity contribution in [3.8, 4) is 0 Å². The van der Waals surface area contributed by atoms with Crippen molar-refractivity contribution >= 4 is 22.8 Å². The number of nitrogen functional groups attached to an aromatic ring is 1. The molecule has 0 aliphatic carbocycles. The Balaban J connectivity index is 2.05. The Hall–Kier alpha value is -1.91. The topological polar surface area (TPSA) is 67.9 Å². The molecule has 2 aromatic rings. The van der Waals surface area contributed by atoms with E-state index in [-0.39, 0.29) is 0 Å². The summed E-state index contributed by atoms with van der Waals surface area (Å²) in [6, 6.07) is 3.75. The van der Waals surface area contributed by atoms with Gasteiger partial charge in [-0.05, 0) is 31.4 Å². The highest BCUT2D eigenvalue weighted by molar-refractivity contribution is 5.85. The van der Waals surface area contributed by atoms with Gasteiger partial charge in [0.05, 0.1) is 5.39 Å². The lowest BCUT2D eigenvalue weighted by molar-refractivity contribution is 0.569. The number of rotatable bonds is 1. The van der Waals surface area contributed by atoms with E-state index < -0.39 is 0 Å². The molecule has 0 atom stereocenters. The Morgan fingerprint density at radius 1 is 1.12 bits per heavy atom. The minimum absolute atomic E-state index is 0.517. The molecule has 0 unspecified atom stereocenters. The molecule has 88 valence electrons. The first-order valence-electron chi connectivity index (χ1n) is 5.98. The van der Waals surface area contributed by atoms with Crippen molar-refractivity contribution in [3.05, 3.63) is 18.3 Å². The normalized spacial score (nSPS) is 16.4. The molecule has 2 N–H and O–H groups in total. The third kappa shape index (κ3) is 1.88. The molecule has 0 radical (unpaired) electrons. The standard InChI is InChI=1S/C12H15N5/c13-10-9-5-4-6-14-11(9)16-12(15-10)17-7-2-1-3-8-17/h4-6H,1-3,7-8H2,(H2,13,14,15,16). The van der Waals surface area contributed by atoms with Crippen molar-refractivity contribution in [3.63, 3.8) is 0 Å². The highest BCUT2D eigenvalue weighted by atomic mass is 15.3. The van der Waals surface area contributed by atoms with Gasteiger partial charge in [-0.1, -0.05) is 0 Å². The first-order chi connectivity index (χ1) is 8.34. The van der Waals surface area contributed by atoms with Crippen LogP contribution >= 0.6 is 0 Å². The second-order valence-electron chi connectivity index (χ2n) is 4.33. The minimum atomic E-state index is 0.517. The van der Waals surface area contributed by atoms with Gasteiger partial charge in [0.15, 0.2) is 5.65 Å². The van der Waals surface area contributed by atoms with Gasteiger partial charge in [0, 0.05) is 19.3 Å². The quantitative estimate of drug-likeness (QED) is 0.804. The predicted octanol–water partition coefficient (Wildman–Crippen LogP) is 1.60. The lowest BCUT2D eigenvalue weighted by Crippen LogP contribution is -2.31. The van der Waals surface area contributed by atoms with Crippen LogP contribution in [0.15, 0.2) is 18.3 Å². The molecule has 1 fully saturated rings. The van der Waals surface area contributed by atoms with Crippen LogP contribution in [0.1, 0.15) is 19.3 Å². The molecule has 17 heavy (non-hydrogen) atoms. The van der Waals surface area contributed by atoms with E-state index in [2.05, 4.69) is 19.9 Å². The number of pyridine rings is 1. The van der Waals surface area contributed by atoms with Gasteiger partial charge in [-0.3, -0.25) is 0 Å². The second-order valence-corrected chi connectivity index (χ2v) is 4.33. The van der Waals surface area contributed by atoms with Crippen molar-refractivity contribution in [1.29, 1.82) is 0 Å². The molecule has 3 heterocycles. The van der Waals surface area contributed by atoms with Gasteiger partial charge in [0.25, 0.3) is 0 Å². The molecule has 3 rings (SSSR count). The highest BCUT2D eigenvalue weighted by Crippen LogP contribution is 2.21. The summed E-state index contributed by atoms with van der Waals surface area (Å²) in [6.07, 6.45) is 5.42. The maximum absolute atomic E-state index is 5.95. The Morgan fingerprint density at radius 3 is 2.76 bits per heavy atom. The van der Waals surface area contributed by atoms with Gasteiger partial charge in [-0.2, -0.15) is 9.97 Å². The molecular weight excluding hydrogens is 214 g/mol. The first-order valence-corrected chi connectivity index (χ1v) is 5.98. The molecule has 0 aromatic carbocycles. The second kappa shape index (κ2) is 4.16. The van der Waals surface area contributed by atoms with Gasteiger partial charge in [-0.15, -0.1) is 0 Å². The fourth-order valence-corrected chi connectivity index (χ4v) is 2.21. The lowest BCUT2D eigenvalue weighted by Gasteiger charge is -2.26. The van der Waals surface area contributed by atoms with Crippen molar-refractivity contribution in [2.75, 3.05) is 23.7 Å². The predicted molar refractivity (Wildman–Crippen MR) is 67.8 cm³/mol. The highest BCUT2D eigenvalue weighted by Gasteiger charge is 2.15. The zero-order chi connectivity index (χ0) is 11.7. The lowest BCUT2D eigenvalue weighted by atomic mass is 10.1. The monoisotopic (exact) mass is 229 g/mol. The summed E-state index contributed by atoms with van der Waals surface area (Å²) in [5, 5.41) is 0.827. The van der Waals surface area contributed by atoms with Crippen LogP contribution in [0, 0.1) is 0 Å². The van der Waals surface area contributed by atoms with E-state index in [9.17, 15) is 0 Å². The first kappa shape index (κ1) is 10.3. The van der Waals surface area contributed by atoms with Crippen LogP contribution in [0.2, 0.25) is 0 Å². The molecular formula is C12H15N5. The zero-order valence-corrected chi connectivity index (χ0v) is 9.63. The maximum Gasteiger partial charge on any atom is 0.229 e. The Morgan fingerprint density at radius 2 is 1.94 bits per heavy atom. The van der Waals surface area contributed by atoms with Crippen molar-refractivity contribution in [2.24, 2.45) is 0 Å². The molecule has 5 heteroatoms. The van der Waals surface area contributed by atoms with E-state index in [4.69, 9.17) is 5.73 Å². The number of nitrogens with zero attached hydrogens (tertiary/aromatic N) is 4. The third-order valence-corrected chi connectivity index (χ3v) is 3.13. The number of hydrogen-bond acceptors (Lipinski definition) is 5. The van der Waals surface area contributed by atoms with Crippen LogP contribution in [0.3, 0.4) is 0 Å². The average molecular weight is 229 g/mol. The molecule has 0 saturated carbocycles. The van der Waals surface area contributed by atoms with Crippen LogP contribution in [0.5, 0.6) is 0 Å². The van der Waals surface area contributed by atoms with Crippen molar-refractivity contribution < 1.29 is 0 Å². The van der Waals surface area contributed by atoms with Crippen LogP contribution in [-0.2, 0) is 0 Å². The summed E-state index contributed by atoms with van der Waals surface area (Å²) in [5.74, 6) is 1.23. The SMILES string of the molecule is Nc1nc(N2CCCCC2)nc2ncccc12. The number of piperidine rings is 1. The Bertz CT molecular complexity index is 533. The summed E-state index contributed by atoms with van der Waals surface area (Å²) < 4.78 is 0. The molecule has 1 aliphatic rings. The summed E-state index contributed by atoms with van der Waals surface area (Å²) >= 11 is 0. The number of fused-ring (bicyclic) bond motifs is 1. The minimum Gasteiger partial charge on any atom is -0.383 e. The largest absolute Gasteiger partial charge is 0.383 e. The van der Waals surface area contributed by atoms with Crippen molar-refractivity contribution in [1.82, 2.24) is 15.0 Å². The number of anilines is 2. The third-order valence-electron chi connectivity index (χ3n) is 3.13. The van der Waals surface area contributed by atoms with E-state index in [0.29, 0.717) is 17.4 Å². The van der Waals surface area contributed by atoms with Gasteiger partial charge in [-0.25, -0.2) is 4.98 Å². The van der Waals surface area contributed by atoms with Crippen molar-refractivity contribution in [2.45, 2.75) is 19.3 Å².